The van der Waals surface area contributed by atoms with Crippen LogP contribution in [0.3, 0.4) is 0 Å². The van der Waals surface area contributed by atoms with Crippen molar-refractivity contribution >= 4 is 5.69 Å². The van der Waals surface area contributed by atoms with Gasteiger partial charge in [-0.25, -0.2) is 0 Å². The Labute approximate surface area is 112 Å². The molecule has 1 N–H and O–H groups in total. The fourth-order valence-corrected chi connectivity index (χ4v) is 2.07. The van der Waals surface area contributed by atoms with E-state index in [1.165, 1.54) is 4.90 Å². The zero-order valence-corrected chi connectivity index (χ0v) is 11.6. The maximum Gasteiger partial charge on any atom is 0.405 e. The summed E-state index contributed by atoms with van der Waals surface area (Å²) < 4.78 is 38.0. The number of nitrogens with one attached hydrogen (secondary N) is 1. The van der Waals surface area contributed by atoms with E-state index in [0.29, 0.717) is 18.7 Å². The minimum Gasteiger partial charge on any atom is -0.362 e. The molecule has 0 radical (unpaired) electrons. The number of rotatable bonds is 6. The molecule has 0 saturated heterocycles. The average molecular weight is 274 g/mol. The highest BCUT2D eigenvalue weighted by molar-refractivity contribution is 5.55. The van der Waals surface area contributed by atoms with Crippen LogP contribution in [0.1, 0.15) is 31.9 Å². The van der Waals surface area contributed by atoms with Crippen molar-refractivity contribution in [2.45, 2.75) is 32.5 Å². The van der Waals surface area contributed by atoms with Crippen LogP contribution < -0.4 is 10.2 Å². The Morgan fingerprint density at radius 1 is 1.26 bits per heavy atom. The van der Waals surface area contributed by atoms with E-state index in [9.17, 15) is 13.2 Å². The molecule has 0 heterocycles. The number of benzene rings is 1. The lowest BCUT2D eigenvalue weighted by molar-refractivity contribution is -0.119. The van der Waals surface area contributed by atoms with Gasteiger partial charge in [-0.3, -0.25) is 0 Å². The third-order valence-electron chi connectivity index (χ3n) is 3.04. The summed E-state index contributed by atoms with van der Waals surface area (Å²) in [5.41, 5.74) is 1.55. The lowest BCUT2D eigenvalue weighted by Crippen LogP contribution is -2.36. The number of para-hydroxylation sites is 1. The first kappa shape index (κ1) is 15.8. The Morgan fingerprint density at radius 3 is 2.42 bits per heavy atom. The fourth-order valence-electron chi connectivity index (χ4n) is 2.07. The van der Waals surface area contributed by atoms with E-state index < -0.39 is 12.7 Å². The first-order chi connectivity index (χ1) is 8.89. The standard InChI is InChI=1S/C14H21F3N2/c1-4-9-19(10-14(15,16)17)13-8-6-5-7-12(13)11(2)18-3/h5-8,11,18H,4,9-10H2,1-3H3. The van der Waals surface area contributed by atoms with E-state index in [1.54, 1.807) is 19.2 Å². The van der Waals surface area contributed by atoms with Gasteiger partial charge in [-0.1, -0.05) is 25.1 Å². The molecule has 0 spiro atoms. The van der Waals surface area contributed by atoms with Crippen molar-refractivity contribution in [3.8, 4) is 0 Å². The molecule has 0 aromatic heterocycles. The molecule has 5 heteroatoms. The Hall–Kier alpha value is -1.23. The first-order valence-electron chi connectivity index (χ1n) is 6.47. The molecule has 2 nitrogen and oxygen atoms in total. The van der Waals surface area contributed by atoms with E-state index in [2.05, 4.69) is 5.32 Å². The highest BCUT2D eigenvalue weighted by Gasteiger charge is 2.31. The highest BCUT2D eigenvalue weighted by Crippen LogP contribution is 2.29. The Bertz CT molecular complexity index is 391. The third kappa shape index (κ3) is 4.74. The summed E-state index contributed by atoms with van der Waals surface area (Å²) in [6, 6.07) is 7.27. The van der Waals surface area contributed by atoms with Gasteiger partial charge in [0.15, 0.2) is 0 Å². The molecule has 0 saturated carbocycles. The van der Waals surface area contributed by atoms with Gasteiger partial charge in [-0.05, 0) is 32.0 Å². The molecular formula is C14H21F3N2. The van der Waals surface area contributed by atoms with E-state index in [-0.39, 0.29) is 6.04 Å². The molecule has 0 amide bonds. The molecule has 108 valence electrons. The quantitative estimate of drug-likeness (QED) is 0.850. The first-order valence-corrected chi connectivity index (χ1v) is 6.47. The second-order valence-corrected chi connectivity index (χ2v) is 4.61. The second-order valence-electron chi connectivity index (χ2n) is 4.61. The van der Waals surface area contributed by atoms with Gasteiger partial charge in [0, 0.05) is 18.3 Å². The lowest BCUT2D eigenvalue weighted by Gasteiger charge is -2.29. The number of hydrogen-bond acceptors (Lipinski definition) is 2. The van der Waals surface area contributed by atoms with Gasteiger partial charge in [-0.15, -0.1) is 0 Å². The molecule has 0 fully saturated rings. The van der Waals surface area contributed by atoms with Crippen molar-refractivity contribution in [1.29, 1.82) is 0 Å². The monoisotopic (exact) mass is 274 g/mol. The average Bonchev–Trinajstić information content (AvgIpc) is 2.36. The molecular weight excluding hydrogens is 253 g/mol. The van der Waals surface area contributed by atoms with Crippen LogP contribution in [-0.4, -0.2) is 26.3 Å². The molecule has 0 aliphatic carbocycles. The molecule has 1 atom stereocenters. The minimum absolute atomic E-state index is 0.0174. The summed E-state index contributed by atoms with van der Waals surface area (Å²) in [7, 11) is 1.80. The fraction of sp³-hybridized carbons (Fsp3) is 0.571. The van der Waals surface area contributed by atoms with Gasteiger partial charge in [0.1, 0.15) is 6.54 Å². The summed E-state index contributed by atoms with van der Waals surface area (Å²) in [5.74, 6) is 0. The molecule has 0 aliphatic heterocycles. The topological polar surface area (TPSA) is 15.3 Å². The largest absolute Gasteiger partial charge is 0.405 e. The van der Waals surface area contributed by atoms with E-state index >= 15 is 0 Å². The van der Waals surface area contributed by atoms with Crippen LogP contribution in [0.4, 0.5) is 18.9 Å². The maximum absolute atomic E-state index is 12.7. The third-order valence-corrected chi connectivity index (χ3v) is 3.04. The van der Waals surface area contributed by atoms with E-state index in [0.717, 1.165) is 5.56 Å². The molecule has 1 aromatic rings. The van der Waals surface area contributed by atoms with Gasteiger partial charge in [-0.2, -0.15) is 13.2 Å². The van der Waals surface area contributed by atoms with Gasteiger partial charge in [0.05, 0.1) is 0 Å². The van der Waals surface area contributed by atoms with Crippen LogP contribution >= 0.6 is 0 Å². The molecule has 1 rings (SSSR count). The second kappa shape index (κ2) is 6.80. The van der Waals surface area contributed by atoms with Gasteiger partial charge in [0.2, 0.25) is 0 Å². The number of nitrogens with zero attached hydrogens (tertiary/aromatic N) is 1. The molecule has 0 aliphatic rings. The van der Waals surface area contributed by atoms with Crippen molar-refractivity contribution in [3.63, 3.8) is 0 Å². The van der Waals surface area contributed by atoms with Crippen LogP contribution in [0.15, 0.2) is 24.3 Å². The van der Waals surface area contributed by atoms with Gasteiger partial charge >= 0.3 is 6.18 Å². The SMILES string of the molecule is CCCN(CC(F)(F)F)c1ccccc1C(C)NC. The summed E-state index contributed by atoms with van der Waals surface area (Å²) in [6.45, 7) is 3.31. The van der Waals surface area contributed by atoms with Crippen LogP contribution in [0.5, 0.6) is 0 Å². The highest BCUT2D eigenvalue weighted by atomic mass is 19.4. The Kier molecular flexibility index (Phi) is 5.66. The number of hydrogen-bond donors (Lipinski definition) is 1. The molecule has 1 unspecified atom stereocenters. The van der Waals surface area contributed by atoms with Crippen LogP contribution in [0, 0.1) is 0 Å². The lowest BCUT2D eigenvalue weighted by atomic mass is 10.0. The number of halogens is 3. The molecule has 0 bridgehead atoms. The maximum atomic E-state index is 12.7. The predicted molar refractivity (Wildman–Crippen MR) is 72.5 cm³/mol. The Balaban J connectivity index is 3.08. The summed E-state index contributed by atoms with van der Waals surface area (Å²) in [4.78, 5) is 1.41. The summed E-state index contributed by atoms with van der Waals surface area (Å²) in [5, 5.41) is 3.07. The van der Waals surface area contributed by atoms with Crippen molar-refractivity contribution in [3.05, 3.63) is 29.8 Å². The zero-order chi connectivity index (χ0) is 14.5. The minimum atomic E-state index is -4.19. The number of anilines is 1. The Morgan fingerprint density at radius 2 is 1.89 bits per heavy atom. The number of alkyl halides is 3. The zero-order valence-electron chi connectivity index (χ0n) is 11.6. The van der Waals surface area contributed by atoms with Crippen LogP contribution in [0.2, 0.25) is 0 Å². The van der Waals surface area contributed by atoms with Crippen LogP contribution in [0.25, 0.3) is 0 Å². The smallest absolute Gasteiger partial charge is 0.362 e. The van der Waals surface area contributed by atoms with Crippen molar-refractivity contribution in [2.24, 2.45) is 0 Å². The van der Waals surface area contributed by atoms with Crippen molar-refractivity contribution < 1.29 is 13.2 Å². The summed E-state index contributed by atoms with van der Waals surface area (Å²) >= 11 is 0. The molecule has 19 heavy (non-hydrogen) atoms. The van der Waals surface area contributed by atoms with Gasteiger partial charge in [0.25, 0.3) is 0 Å². The predicted octanol–water partition coefficient (Wildman–Crippen LogP) is 3.75. The molecule has 1 aromatic carbocycles. The normalized spacial score (nSPS) is 13.4. The van der Waals surface area contributed by atoms with Crippen molar-refractivity contribution in [2.75, 3.05) is 25.0 Å². The van der Waals surface area contributed by atoms with Gasteiger partial charge < -0.3 is 10.2 Å². The van der Waals surface area contributed by atoms with Crippen molar-refractivity contribution in [1.82, 2.24) is 5.32 Å². The van der Waals surface area contributed by atoms with E-state index in [4.69, 9.17) is 0 Å². The van der Waals surface area contributed by atoms with E-state index in [1.807, 2.05) is 26.0 Å². The van der Waals surface area contributed by atoms with Crippen LogP contribution in [-0.2, 0) is 0 Å². The summed E-state index contributed by atoms with van der Waals surface area (Å²) in [6.07, 6.45) is -3.51.